The molecule has 2 aliphatic heterocycles. The van der Waals surface area contributed by atoms with Crippen LogP contribution in [0.2, 0.25) is 0 Å². The van der Waals surface area contributed by atoms with E-state index in [1.165, 1.54) is 52.1 Å². The summed E-state index contributed by atoms with van der Waals surface area (Å²) in [4.78, 5) is 5.22. The number of piperazine rings is 1. The van der Waals surface area contributed by atoms with Crippen LogP contribution in [0.3, 0.4) is 0 Å². The second-order valence-corrected chi connectivity index (χ2v) is 6.00. The highest BCUT2D eigenvalue weighted by atomic mass is 16.5. The van der Waals surface area contributed by atoms with Gasteiger partial charge in [0.25, 0.3) is 0 Å². The van der Waals surface area contributed by atoms with Gasteiger partial charge >= 0.3 is 0 Å². The average molecular weight is 269 g/mol. The third-order valence-corrected chi connectivity index (χ3v) is 4.35. The predicted octanol–water partition coefficient (Wildman–Crippen LogP) is 1.03. The lowest BCUT2D eigenvalue weighted by Crippen LogP contribution is -2.50. The number of nitrogens with one attached hydrogen (secondary N) is 1. The molecule has 19 heavy (non-hydrogen) atoms. The lowest BCUT2D eigenvalue weighted by atomic mass is 10.0. The van der Waals surface area contributed by atoms with Gasteiger partial charge in [-0.15, -0.1) is 0 Å². The number of hydrogen-bond acceptors (Lipinski definition) is 4. The third kappa shape index (κ3) is 4.71. The van der Waals surface area contributed by atoms with Gasteiger partial charge in [0.1, 0.15) is 0 Å². The summed E-state index contributed by atoms with van der Waals surface area (Å²) < 4.78 is 5.67. The van der Waals surface area contributed by atoms with Gasteiger partial charge in [-0.2, -0.15) is 0 Å². The van der Waals surface area contributed by atoms with Crippen molar-refractivity contribution in [2.75, 3.05) is 59.0 Å². The maximum Gasteiger partial charge on any atom is 0.0623 e. The van der Waals surface area contributed by atoms with E-state index < -0.39 is 0 Å². The molecule has 2 unspecified atom stereocenters. The summed E-state index contributed by atoms with van der Waals surface area (Å²) in [7, 11) is 0. The van der Waals surface area contributed by atoms with Crippen LogP contribution in [0, 0.1) is 5.92 Å². The molecule has 0 amide bonds. The van der Waals surface area contributed by atoms with E-state index in [1.807, 2.05) is 0 Å². The monoisotopic (exact) mass is 269 g/mol. The fourth-order valence-corrected chi connectivity index (χ4v) is 3.18. The maximum atomic E-state index is 5.67. The van der Waals surface area contributed by atoms with Gasteiger partial charge in [0.2, 0.25) is 0 Å². The van der Waals surface area contributed by atoms with Crippen molar-refractivity contribution in [2.24, 2.45) is 5.92 Å². The van der Waals surface area contributed by atoms with Crippen LogP contribution >= 0.6 is 0 Å². The van der Waals surface area contributed by atoms with Crippen molar-refractivity contribution in [3.63, 3.8) is 0 Å². The van der Waals surface area contributed by atoms with Crippen molar-refractivity contribution in [3.05, 3.63) is 0 Å². The molecule has 0 spiro atoms. The van der Waals surface area contributed by atoms with E-state index in [0.717, 1.165) is 19.8 Å². The Bertz CT molecular complexity index is 242. The van der Waals surface area contributed by atoms with Gasteiger partial charge in [-0.25, -0.2) is 0 Å². The van der Waals surface area contributed by atoms with Gasteiger partial charge in [-0.05, 0) is 25.9 Å². The largest absolute Gasteiger partial charge is 0.379 e. The number of rotatable bonds is 7. The first kappa shape index (κ1) is 15.2. The topological polar surface area (TPSA) is 27.7 Å². The summed E-state index contributed by atoms with van der Waals surface area (Å²) >= 11 is 0. The second kappa shape index (κ2) is 8.20. The fourth-order valence-electron chi connectivity index (χ4n) is 3.18. The SMILES string of the molecule is CCCNC1COCC1CN1CCN(CCC)CC1. The normalized spacial score (nSPS) is 30.0. The van der Waals surface area contributed by atoms with E-state index >= 15 is 0 Å². The van der Waals surface area contributed by atoms with Crippen LogP contribution in [0.5, 0.6) is 0 Å². The van der Waals surface area contributed by atoms with Crippen LogP contribution in [-0.2, 0) is 4.74 Å². The highest BCUT2D eigenvalue weighted by Crippen LogP contribution is 2.16. The third-order valence-electron chi connectivity index (χ3n) is 4.35. The van der Waals surface area contributed by atoms with E-state index in [2.05, 4.69) is 29.0 Å². The Balaban J connectivity index is 1.69. The van der Waals surface area contributed by atoms with Crippen molar-refractivity contribution < 1.29 is 4.74 Å². The standard InChI is InChI=1S/C15H31N3O/c1-3-5-16-15-13-19-12-14(15)11-18-9-7-17(6-4-2)8-10-18/h14-16H,3-13H2,1-2H3. The van der Waals surface area contributed by atoms with Gasteiger partial charge < -0.3 is 19.9 Å². The quantitative estimate of drug-likeness (QED) is 0.747. The molecule has 2 rings (SSSR count). The molecule has 0 saturated carbocycles. The van der Waals surface area contributed by atoms with Crippen molar-refractivity contribution in [1.82, 2.24) is 15.1 Å². The summed E-state index contributed by atoms with van der Waals surface area (Å²) in [6.07, 6.45) is 2.48. The van der Waals surface area contributed by atoms with Crippen molar-refractivity contribution >= 4 is 0 Å². The molecule has 0 radical (unpaired) electrons. The molecule has 0 aliphatic carbocycles. The molecule has 4 nitrogen and oxygen atoms in total. The molecular formula is C15H31N3O. The second-order valence-electron chi connectivity index (χ2n) is 6.00. The molecule has 0 aromatic heterocycles. The van der Waals surface area contributed by atoms with Crippen LogP contribution in [0.25, 0.3) is 0 Å². The zero-order valence-corrected chi connectivity index (χ0v) is 12.7. The molecule has 0 bridgehead atoms. The first-order chi connectivity index (χ1) is 9.33. The molecule has 2 saturated heterocycles. The van der Waals surface area contributed by atoms with Gasteiger partial charge in [0.15, 0.2) is 0 Å². The van der Waals surface area contributed by atoms with Crippen LogP contribution < -0.4 is 5.32 Å². The Morgan fingerprint density at radius 2 is 1.74 bits per heavy atom. The van der Waals surface area contributed by atoms with Crippen LogP contribution in [0.1, 0.15) is 26.7 Å². The Hall–Kier alpha value is -0.160. The van der Waals surface area contributed by atoms with Crippen molar-refractivity contribution in [3.8, 4) is 0 Å². The summed E-state index contributed by atoms with van der Waals surface area (Å²) in [5, 5.41) is 3.64. The molecule has 112 valence electrons. The summed E-state index contributed by atoms with van der Waals surface area (Å²) in [6.45, 7) is 14.9. The van der Waals surface area contributed by atoms with Gasteiger partial charge in [-0.3, -0.25) is 0 Å². The lowest BCUT2D eigenvalue weighted by Gasteiger charge is -2.36. The summed E-state index contributed by atoms with van der Waals surface area (Å²) in [6, 6.07) is 0.577. The van der Waals surface area contributed by atoms with Gasteiger partial charge in [0, 0.05) is 44.7 Å². The van der Waals surface area contributed by atoms with E-state index in [1.54, 1.807) is 0 Å². The van der Waals surface area contributed by atoms with E-state index in [0.29, 0.717) is 12.0 Å². The van der Waals surface area contributed by atoms with Gasteiger partial charge in [-0.1, -0.05) is 13.8 Å². The zero-order chi connectivity index (χ0) is 13.5. The minimum atomic E-state index is 0.577. The highest BCUT2D eigenvalue weighted by molar-refractivity contribution is 4.85. The average Bonchev–Trinajstić information content (AvgIpc) is 2.86. The molecule has 1 N–H and O–H groups in total. The molecule has 2 atom stereocenters. The Kier molecular flexibility index (Phi) is 6.57. The summed E-state index contributed by atoms with van der Waals surface area (Å²) in [5.41, 5.74) is 0. The van der Waals surface area contributed by atoms with Gasteiger partial charge in [0.05, 0.1) is 13.2 Å². The Morgan fingerprint density at radius 1 is 1.00 bits per heavy atom. The van der Waals surface area contributed by atoms with Crippen molar-refractivity contribution in [1.29, 1.82) is 0 Å². The zero-order valence-electron chi connectivity index (χ0n) is 12.7. The highest BCUT2D eigenvalue weighted by Gasteiger charge is 2.30. The van der Waals surface area contributed by atoms with E-state index in [9.17, 15) is 0 Å². The first-order valence-corrected chi connectivity index (χ1v) is 8.09. The minimum Gasteiger partial charge on any atom is -0.379 e. The fraction of sp³-hybridized carbons (Fsp3) is 1.00. The predicted molar refractivity (Wildman–Crippen MR) is 79.6 cm³/mol. The molecule has 2 fully saturated rings. The molecule has 4 heteroatoms. The smallest absolute Gasteiger partial charge is 0.0623 e. The van der Waals surface area contributed by atoms with Crippen LogP contribution in [-0.4, -0.2) is 74.9 Å². The molecule has 0 aromatic carbocycles. The maximum absolute atomic E-state index is 5.67. The molecular weight excluding hydrogens is 238 g/mol. The summed E-state index contributed by atoms with van der Waals surface area (Å²) in [5.74, 6) is 0.685. The number of hydrogen-bond donors (Lipinski definition) is 1. The van der Waals surface area contributed by atoms with Crippen molar-refractivity contribution in [2.45, 2.75) is 32.7 Å². The number of ether oxygens (including phenoxy) is 1. The number of nitrogens with zero attached hydrogens (tertiary/aromatic N) is 2. The van der Waals surface area contributed by atoms with Crippen LogP contribution in [0.15, 0.2) is 0 Å². The minimum absolute atomic E-state index is 0.577. The Morgan fingerprint density at radius 3 is 2.42 bits per heavy atom. The van der Waals surface area contributed by atoms with Crippen LogP contribution in [0.4, 0.5) is 0 Å². The molecule has 0 aromatic rings. The Labute approximate surface area is 118 Å². The molecule has 2 aliphatic rings. The van der Waals surface area contributed by atoms with E-state index in [-0.39, 0.29) is 0 Å². The molecule has 2 heterocycles. The lowest BCUT2D eigenvalue weighted by molar-refractivity contribution is 0.109. The first-order valence-electron chi connectivity index (χ1n) is 8.09. The van der Waals surface area contributed by atoms with E-state index in [4.69, 9.17) is 4.74 Å².